The van der Waals surface area contributed by atoms with Crippen LogP contribution in [-0.2, 0) is 14.8 Å². The summed E-state index contributed by atoms with van der Waals surface area (Å²) in [5.74, 6) is -1.38. The van der Waals surface area contributed by atoms with Gasteiger partial charge in [-0.2, -0.15) is 0 Å². The van der Waals surface area contributed by atoms with Crippen LogP contribution in [0.25, 0.3) is 0 Å². The lowest BCUT2D eigenvalue weighted by atomic mass is 9.88. The average molecular weight is 378 g/mol. The van der Waals surface area contributed by atoms with Gasteiger partial charge in [0.2, 0.25) is 15.9 Å². The van der Waals surface area contributed by atoms with Crippen molar-refractivity contribution < 1.29 is 22.8 Å². The van der Waals surface area contributed by atoms with Crippen LogP contribution in [0.3, 0.4) is 0 Å². The van der Waals surface area contributed by atoms with E-state index in [-0.39, 0.29) is 11.8 Å². The summed E-state index contributed by atoms with van der Waals surface area (Å²) in [6, 6.07) is 5.37. The molecule has 2 fully saturated rings. The molecule has 2 amide bonds. The summed E-state index contributed by atoms with van der Waals surface area (Å²) in [5.41, 5.74) is 0.760. The maximum Gasteiger partial charge on any atom is 0.254 e. The third-order valence-corrected chi connectivity index (χ3v) is 6.36. The molecule has 7 nitrogen and oxygen atoms in total. The standard InChI is InChI=1S/C18H22N2O5S/c1-11(2)15-16-14(20(18(15)23)26(3,24)25)7-8-19(16)17(22)13-6-4-5-12(9-13)10-21/h4-6,9-11,14-16H,7-8H2,1-3H3/t14-,15+,16-/m0/s1. The SMILES string of the molecule is CC(C)[C@H]1C(=O)N(S(C)(=O)=O)[C@H]2CCN(C(=O)c3cccc(C=O)c3)[C@H]12. The van der Waals surface area contributed by atoms with Crippen molar-refractivity contribution in [1.29, 1.82) is 0 Å². The van der Waals surface area contributed by atoms with E-state index >= 15 is 0 Å². The maximum atomic E-state index is 13.0. The summed E-state index contributed by atoms with van der Waals surface area (Å²) in [6.07, 6.45) is 2.12. The molecule has 2 heterocycles. The number of rotatable bonds is 4. The van der Waals surface area contributed by atoms with E-state index in [2.05, 4.69) is 0 Å². The molecule has 2 saturated heterocycles. The molecule has 2 aliphatic heterocycles. The third-order valence-electron chi connectivity index (χ3n) is 5.20. The van der Waals surface area contributed by atoms with Gasteiger partial charge in [0.25, 0.3) is 5.91 Å². The van der Waals surface area contributed by atoms with Gasteiger partial charge < -0.3 is 4.90 Å². The molecule has 3 atom stereocenters. The second kappa shape index (κ2) is 6.50. The van der Waals surface area contributed by atoms with Crippen LogP contribution >= 0.6 is 0 Å². The molecule has 140 valence electrons. The second-order valence-electron chi connectivity index (χ2n) is 7.26. The number of benzene rings is 1. The van der Waals surface area contributed by atoms with Gasteiger partial charge in [0.05, 0.1) is 24.3 Å². The average Bonchev–Trinajstić information content (AvgIpc) is 3.09. The van der Waals surface area contributed by atoms with Crippen molar-refractivity contribution in [1.82, 2.24) is 9.21 Å². The molecule has 0 N–H and O–H groups in total. The number of sulfonamides is 1. The highest BCUT2D eigenvalue weighted by molar-refractivity contribution is 7.88. The van der Waals surface area contributed by atoms with Crippen LogP contribution in [-0.4, -0.2) is 60.6 Å². The fraction of sp³-hybridized carbons (Fsp3) is 0.500. The Balaban J connectivity index is 1.99. The fourth-order valence-electron chi connectivity index (χ4n) is 4.18. The Morgan fingerprint density at radius 3 is 2.58 bits per heavy atom. The zero-order chi connectivity index (χ0) is 19.2. The van der Waals surface area contributed by atoms with E-state index in [4.69, 9.17) is 0 Å². The Labute approximate surface area is 153 Å². The van der Waals surface area contributed by atoms with Crippen molar-refractivity contribution >= 4 is 28.1 Å². The van der Waals surface area contributed by atoms with E-state index in [9.17, 15) is 22.8 Å². The molecule has 26 heavy (non-hydrogen) atoms. The number of aldehydes is 1. The molecule has 3 rings (SSSR count). The van der Waals surface area contributed by atoms with Crippen molar-refractivity contribution in [3.8, 4) is 0 Å². The number of hydrogen-bond donors (Lipinski definition) is 0. The van der Waals surface area contributed by atoms with E-state index in [1.54, 1.807) is 23.1 Å². The number of carbonyl (C=O) groups excluding carboxylic acids is 3. The Morgan fingerprint density at radius 1 is 1.31 bits per heavy atom. The van der Waals surface area contributed by atoms with E-state index < -0.39 is 33.9 Å². The molecule has 0 aromatic heterocycles. The summed E-state index contributed by atoms with van der Waals surface area (Å²) >= 11 is 0. The maximum absolute atomic E-state index is 13.0. The van der Waals surface area contributed by atoms with Gasteiger partial charge in [0, 0.05) is 17.7 Å². The van der Waals surface area contributed by atoms with Gasteiger partial charge in [-0.1, -0.05) is 26.0 Å². The van der Waals surface area contributed by atoms with Crippen LogP contribution in [0.15, 0.2) is 24.3 Å². The van der Waals surface area contributed by atoms with Gasteiger partial charge in [-0.15, -0.1) is 0 Å². The van der Waals surface area contributed by atoms with Crippen molar-refractivity contribution in [3.63, 3.8) is 0 Å². The van der Waals surface area contributed by atoms with Crippen LogP contribution in [0.5, 0.6) is 0 Å². The zero-order valence-electron chi connectivity index (χ0n) is 15.0. The summed E-state index contributed by atoms with van der Waals surface area (Å²) in [5, 5.41) is 0. The Kier molecular flexibility index (Phi) is 4.64. The molecule has 0 aliphatic carbocycles. The first-order valence-electron chi connectivity index (χ1n) is 8.56. The van der Waals surface area contributed by atoms with Gasteiger partial charge in [0.15, 0.2) is 0 Å². The molecule has 0 saturated carbocycles. The molecular weight excluding hydrogens is 356 g/mol. The zero-order valence-corrected chi connectivity index (χ0v) is 15.8. The third kappa shape index (κ3) is 2.92. The number of fused-ring (bicyclic) bond motifs is 1. The molecule has 2 aliphatic rings. The summed E-state index contributed by atoms with van der Waals surface area (Å²) in [4.78, 5) is 38.4. The highest BCUT2D eigenvalue weighted by Crippen LogP contribution is 2.41. The van der Waals surface area contributed by atoms with Gasteiger partial charge in [-0.3, -0.25) is 14.4 Å². The van der Waals surface area contributed by atoms with Crippen molar-refractivity contribution in [2.45, 2.75) is 32.4 Å². The fourth-order valence-corrected chi connectivity index (χ4v) is 5.35. The highest BCUT2D eigenvalue weighted by atomic mass is 32.2. The molecule has 8 heteroatoms. The lowest BCUT2D eigenvalue weighted by Gasteiger charge is -2.29. The Bertz CT molecular complexity index is 864. The van der Waals surface area contributed by atoms with Crippen molar-refractivity contribution in [3.05, 3.63) is 35.4 Å². The minimum Gasteiger partial charge on any atom is -0.333 e. The van der Waals surface area contributed by atoms with Crippen LogP contribution in [0.4, 0.5) is 0 Å². The molecular formula is C18H22N2O5S. The first kappa shape index (κ1) is 18.6. The van der Waals surface area contributed by atoms with Crippen molar-refractivity contribution in [2.75, 3.05) is 12.8 Å². The lowest BCUT2D eigenvalue weighted by molar-refractivity contribution is -0.129. The van der Waals surface area contributed by atoms with Crippen molar-refractivity contribution in [2.24, 2.45) is 11.8 Å². The minimum absolute atomic E-state index is 0.101. The summed E-state index contributed by atoms with van der Waals surface area (Å²) in [6.45, 7) is 4.10. The van der Waals surface area contributed by atoms with E-state index in [1.165, 1.54) is 6.07 Å². The first-order chi connectivity index (χ1) is 12.2. The van der Waals surface area contributed by atoms with Crippen LogP contribution in [0.2, 0.25) is 0 Å². The van der Waals surface area contributed by atoms with Gasteiger partial charge >= 0.3 is 0 Å². The van der Waals surface area contributed by atoms with Gasteiger partial charge in [0.1, 0.15) is 6.29 Å². The van der Waals surface area contributed by atoms with Crippen LogP contribution in [0, 0.1) is 11.8 Å². The number of carbonyl (C=O) groups is 3. The largest absolute Gasteiger partial charge is 0.333 e. The molecule has 1 aromatic carbocycles. The van der Waals surface area contributed by atoms with Gasteiger partial charge in [-0.25, -0.2) is 12.7 Å². The number of nitrogens with zero attached hydrogens (tertiary/aromatic N) is 2. The smallest absolute Gasteiger partial charge is 0.254 e. The van der Waals surface area contributed by atoms with E-state index in [0.717, 1.165) is 10.6 Å². The minimum atomic E-state index is -3.70. The monoisotopic (exact) mass is 378 g/mol. The first-order valence-corrected chi connectivity index (χ1v) is 10.4. The molecule has 0 radical (unpaired) electrons. The Hall–Kier alpha value is -2.22. The predicted octanol–water partition coefficient (Wildman–Crippen LogP) is 1.16. The summed E-state index contributed by atoms with van der Waals surface area (Å²) in [7, 11) is -3.70. The summed E-state index contributed by atoms with van der Waals surface area (Å²) < 4.78 is 25.3. The number of hydrogen-bond acceptors (Lipinski definition) is 5. The van der Waals surface area contributed by atoms with Crippen LogP contribution in [0.1, 0.15) is 41.0 Å². The number of likely N-dealkylation sites (tertiary alicyclic amines) is 1. The topological polar surface area (TPSA) is 91.8 Å². The highest BCUT2D eigenvalue weighted by Gasteiger charge is 2.58. The lowest BCUT2D eigenvalue weighted by Crippen LogP contribution is -2.44. The molecule has 0 bridgehead atoms. The normalized spacial score (nSPS) is 25.7. The quantitative estimate of drug-likeness (QED) is 0.733. The van der Waals surface area contributed by atoms with E-state index in [0.29, 0.717) is 30.4 Å². The molecule has 0 unspecified atom stereocenters. The molecule has 1 aromatic rings. The van der Waals surface area contributed by atoms with Gasteiger partial charge in [-0.05, 0) is 24.5 Å². The Morgan fingerprint density at radius 2 is 2.00 bits per heavy atom. The van der Waals surface area contributed by atoms with E-state index in [1.807, 2.05) is 13.8 Å². The second-order valence-corrected chi connectivity index (χ2v) is 9.11. The predicted molar refractivity (Wildman–Crippen MR) is 95.1 cm³/mol. The molecule has 0 spiro atoms. The number of amides is 2. The van der Waals surface area contributed by atoms with Crippen LogP contribution < -0.4 is 0 Å².